The summed E-state index contributed by atoms with van der Waals surface area (Å²) in [7, 11) is 1.58. The molecule has 0 radical (unpaired) electrons. The summed E-state index contributed by atoms with van der Waals surface area (Å²) in [6.07, 6.45) is 0.166. The average molecular weight is 305 g/mol. The highest BCUT2D eigenvalue weighted by molar-refractivity contribution is 5.88. The van der Waals surface area contributed by atoms with Crippen LogP contribution in [0.3, 0.4) is 0 Å². The first-order valence-corrected chi connectivity index (χ1v) is 7.58. The van der Waals surface area contributed by atoms with Gasteiger partial charge in [-0.2, -0.15) is 0 Å². The zero-order valence-electron chi connectivity index (χ0n) is 13.1. The zero-order valence-corrected chi connectivity index (χ0v) is 13.1. The molecule has 2 amide bonds. The Morgan fingerprint density at radius 1 is 1.45 bits per heavy atom. The molecule has 1 aromatic carbocycles. The summed E-state index contributed by atoms with van der Waals surface area (Å²) in [5.74, 6) is 0.601. The van der Waals surface area contributed by atoms with Gasteiger partial charge in [-0.05, 0) is 13.0 Å². The van der Waals surface area contributed by atoms with Crippen LogP contribution in [-0.2, 0) is 16.1 Å². The number of ether oxygens (including phenoxy) is 1. The molecule has 1 aliphatic rings. The van der Waals surface area contributed by atoms with Gasteiger partial charge in [-0.3, -0.25) is 14.5 Å². The van der Waals surface area contributed by atoms with E-state index < -0.39 is 6.04 Å². The van der Waals surface area contributed by atoms with Crippen LogP contribution in [0.15, 0.2) is 24.3 Å². The number of hydrogen-bond acceptors (Lipinski definition) is 4. The van der Waals surface area contributed by atoms with Gasteiger partial charge < -0.3 is 15.4 Å². The number of amides is 2. The second-order valence-corrected chi connectivity index (χ2v) is 5.20. The fourth-order valence-electron chi connectivity index (χ4n) is 2.60. The van der Waals surface area contributed by atoms with Gasteiger partial charge in [0.1, 0.15) is 5.75 Å². The maximum Gasteiger partial charge on any atom is 0.237 e. The van der Waals surface area contributed by atoms with E-state index in [0.29, 0.717) is 26.2 Å². The van der Waals surface area contributed by atoms with Crippen LogP contribution in [0.2, 0.25) is 0 Å². The van der Waals surface area contributed by atoms with Crippen LogP contribution in [0.4, 0.5) is 0 Å². The van der Waals surface area contributed by atoms with E-state index in [-0.39, 0.29) is 18.2 Å². The van der Waals surface area contributed by atoms with Crippen LogP contribution in [-0.4, -0.2) is 49.5 Å². The Kier molecular flexibility index (Phi) is 5.77. The molecule has 1 fully saturated rings. The van der Waals surface area contributed by atoms with E-state index in [2.05, 4.69) is 10.6 Å². The minimum atomic E-state index is -0.441. The topological polar surface area (TPSA) is 70.7 Å². The Morgan fingerprint density at radius 2 is 2.23 bits per heavy atom. The molecule has 1 atom stereocenters. The molecule has 0 aliphatic carbocycles. The van der Waals surface area contributed by atoms with E-state index in [4.69, 9.17) is 4.74 Å². The van der Waals surface area contributed by atoms with Crippen LogP contribution in [0.25, 0.3) is 0 Å². The molecule has 0 aromatic heterocycles. The first-order chi connectivity index (χ1) is 10.7. The number of carbonyl (C=O) groups excluding carboxylic acids is 2. The molecular weight excluding hydrogens is 282 g/mol. The Labute approximate surface area is 130 Å². The molecule has 2 rings (SSSR count). The van der Waals surface area contributed by atoms with Crippen LogP contribution in [0.5, 0.6) is 5.75 Å². The van der Waals surface area contributed by atoms with Gasteiger partial charge in [0.15, 0.2) is 0 Å². The van der Waals surface area contributed by atoms with Gasteiger partial charge in [-0.1, -0.05) is 18.2 Å². The Bertz CT molecular complexity index is 533. The van der Waals surface area contributed by atoms with Crippen molar-refractivity contribution in [3.8, 4) is 5.75 Å². The third-order valence-corrected chi connectivity index (χ3v) is 3.75. The molecule has 0 bridgehead atoms. The van der Waals surface area contributed by atoms with E-state index in [1.54, 1.807) is 7.05 Å². The number of nitrogens with zero attached hydrogens (tertiary/aromatic N) is 1. The lowest BCUT2D eigenvalue weighted by Crippen LogP contribution is -2.56. The molecule has 1 aromatic rings. The number of rotatable bonds is 6. The maximum absolute atomic E-state index is 12.1. The van der Waals surface area contributed by atoms with Crippen molar-refractivity contribution in [3.63, 3.8) is 0 Å². The molecule has 0 saturated carbocycles. The summed E-state index contributed by atoms with van der Waals surface area (Å²) in [6, 6.07) is 7.36. The van der Waals surface area contributed by atoms with Crippen molar-refractivity contribution in [2.24, 2.45) is 0 Å². The van der Waals surface area contributed by atoms with Crippen molar-refractivity contribution < 1.29 is 14.3 Å². The standard InChI is InChI=1S/C16H23N3O3/c1-3-22-14-7-5-4-6-12(14)11-19-9-8-18-16(21)13(19)10-15(20)17-2/h4-7,13H,3,8-11H2,1-2H3,(H,17,20)(H,18,21)/t13-/m0/s1. The normalized spacial score (nSPS) is 18.6. The molecular formula is C16H23N3O3. The van der Waals surface area contributed by atoms with Crippen molar-refractivity contribution in [2.75, 3.05) is 26.7 Å². The summed E-state index contributed by atoms with van der Waals surface area (Å²) in [6.45, 7) is 4.44. The van der Waals surface area contributed by atoms with Crippen molar-refractivity contribution in [3.05, 3.63) is 29.8 Å². The number of hydrogen-bond donors (Lipinski definition) is 2. The fourth-order valence-corrected chi connectivity index (χ4v) is 2.60. The molecule has 1 aliphatic heterocycles. The van der Waals surface area contributed by atoms with E-state index in [9.17, 15) is 9.59 Å². The second kappa shape index (κ2) is 7.79. The predicted octanol–water partition coefficient (Wildman–Crippen LogP) is 0.522. The third-order valence-electron chi connectivity index (χ3n) is 3.75. The smallest absolute Gasteiger partial charge is 0.237 e. The lowest BCUT2D eigenvalue weighted by atomic mass is 10.1. The Hall–Kier alpha value is -2.08. The largest absolute Gasteiger partial charge is 0.494 e. The van der Waals surface area contributed by atoms with E-state index >= 15 is 0 Å². The lowest BCUT2D eigenvalue weighted by Gasteiger charge is -2.34. The van der Waals surface area contributed by atoms with E-state index in [1.165, 1.54) is 0 Å². The monoisotopic (exact) mass is 305 g/mol. The summed E-state index contributed by atoms with van der Waals surface area (Å²) in [5.41, 5.74) is 1.03. The summed E-state index contributed by atoms with van der Waals surface area (Å²) in [5, 5.41) is 5.40. The van der Waals surface area contributed by atoms with Gasteiger partial charge in [0.2, 0.25) is 11.8 Å². The first kappa shape index (κ1) is 16.3. The summed E-state index contributed by atoms with van der Waals surface area (Å²) >= 11 is 0. The summed E-state index contributed by atoms with van der Waals surface area (Å²) < 4.78 is 5.64. The number of benzene rings is 1. The van der Waals surface area contributed by atoms with Gasteiger partial charge in [-0.15, -0.1) is 0 Å². The molecule has 1 saturated heterocycles. The van der Waals surface area contributed by atoms with Crippen molar-refractivity contribution >= 4 is 11.8 Å². The maximum atomic E-state index is 12.1. The molecule has 0 spiro atoms. The number of para-hydroxylation sites is 1. The summed E-state index contributed by atoms with van der Waals surface area (Å²) in [4.78, 5) is 25.8. The predicted molar refractivity (Wildman–Crippen MR) is 83.5 cm³/mol. The Balaban J connectivity index is 2.14. The van der Waals surface area contributed by atoms with Crippen LogP contribution in [0.1, 0.15) is 18.9 Å². The Morgan fingerprint density at radius 3 is 2.95 bits per heavy atom. The van der Waals surface area contributed by atoms with Crippen LogP contribution >= 0.6 is 0 Å². The fraction of sp³-hybridized carbons (Fsp3) is 0.500. The molecule has 22 heavy (non-hydrogen) atoms. The van der Waals surface area contributed by atoms with Crippen molar-refractivity contribution in [1.82, 2.24) is 15.5 Å². The molecule has 1 heterocycles. The molecule has 6 nitrogen and oxygen atoms in total. The minimum Gasteiger partial charge on any atom is -0.494 e. The highest BCUT2D eigenvalue weighted by Gasteiger charge is 2.31. The SMILES string of the molecule is CCOc1ccccc1CN1CCNC(=O)[C@@H]1CC(=O)NC. The lowest BCUT2D eigenvalue weighted by molar-refractivity contribution is -0.134. The van der Waals surface area contributed by atoms with Gasteiger partial charge in [0, 0.05) is 32.2 Å². The van der Waals surface area contributed by atoms with Gasteiger partial charge >= 0.3 is 0 Å². The number of carbonyl (C=O) groups is 2. The quantitative estimate of drug-likeness (QED) is 0.804. The second-order valence-electron chi connectivity index (χ2n) is 5.20. The van der Waals surface area contributed by atoms with Gasteiger partial charge in [0.25, 0.3) is 0 Å². The molecule has 120 valence electrons. The zero-order chi connectivity index (χ0) is 15.9. The van der Waals surface area contributed by atoms with E-state index in [0.717, 1.165) is 11.3 Å². The molecule has 0 unspecified atom stereocenters. The highest BCUT2D eigenvalue weighted by Crippen LogP contribution is 2.22. The van der Waals surface area contributed by atoms with Gasteiger partial charge in [0.05, 0.1) is 19.1 Å². The average Bonchev–Trinajstić information content (AvgIpc) is 2.52. The van der Waals surface area contributed by atoms with Crippen LogP contribution in [0, 0.1) is 0 Å². The number of piperazine rings is 1. The van der Waals surface area contributed by atoms with E-state index in [1.807, 2.05) is 36.1 Å². The van der Waals surface area contributed by atoms with Crippen molar-refractivity contribution in [1.29, 1.82) is 0 Å². The first-order valence-electron chi connectivity index (χ1n) is 7.58. The molecule has 6 heteroatoms. The van der Waals surface area contributed by atoms with Gasteiger partial charge in [-0.25, -0.2) is 0 Å². The van der Waals surface area contributed by atoms with Crippen molar-refractivity contribution in [2.45, 2.75) is 25.9 Å². The number of nitrogens with one attached hydrogen (secondary N) is 2. The molecule has 2 N–H and O–H groups in total. The third kappa shape index (κ3) is 3.98. The van der Waals surface area contributed by atoms with Crippen LogP contribution < -0.4 is 15.4 Å². The minimum absolute atomic E-state index is 0.0938. The highest BCUT2D eigenvalue weighted by atomic mass is 16.5.